The van der Waals surface area contributed by atoms with E-state index in [-0.39, 0.29) is 58.1 Å². The fourth-order valence-corrected chi connectivity index (χ4v) is 4.42. The molecule has 0 saturated carbocycles. The maximum atomic E-state index is 14.0. The molecule has 42 heavy (non-hydrogen) atoms. The van der Waals surface area contributed by atoms with Crippen LogP contribution in [0.4, 0.5) is 13.6 Å². The molecule has 0 fully saturated rings. The van der Waals surface area contributed by atoms with Crippen molar-refractivity contribution in [2.24, 2.45) is 0 Å². The number of halogens is 4. The van der Waals surface area contributed by atoms with E-state index in [1.807, 2.05) is 0 Å². The Hall–Kier alpha value is -3.44. The second kappa shape index (κ2) is 16.9. The van der Waals surface area contributed by atoms with Gasteiger partial charge in [0.05, 0.1) is 19.8 Å². The van der Waals surface area contributed by atoms with Crippen molar-refractivity contribution < 1.29 is 42.4 Å². The summed E-state index contributed by atoms with van der Waals surface area (Å²) in [6.07, 6.45) is -1.47. The molecule has 0 heterocycles. The van der Waals surface area contributed by atoms with Crippen molar-refractivity contribution in [3.05, 3.63) is 99.0 Å². The summed E-state index contributed by atoms with van der Waals surface area (Å²) in [4.78, 5) is 25.5. The van der Waals surface area contributed by atoms with Crippen molar-refractivity contribution >= 4 is 35.3 Å². The molecule has 0 aromatic heterocycles. The van der Waals surface area contributed by atoms with Crippen LogP contribution in [0.1, 0.15) is 23.6 Å². The van der Waals surface area contributed by atoms with Crippen LogP contribution in [-0.4, -0.2) is 61.1 Å². The lowest BCUT2D eigenvalue weighted by molar-refractivity contribution is -0.149. The minimum absolute atomic E-state index is 0.0320. The molecule has 0 aliphatic heterocycles. The van der Waals surface area contributed by atoms with Crippen molar-refractivity contribution in [1.29, 1.82) is 0 Å². The number of ether oxygens (including phenoxy) is 4. The number of carbonyl (C=O) groups excluding carboxylic acids is 1. The number of nitrogens with zero attached hydrogens (tertiary/aromatic N) is 1. The lowest BCUT2D eigenvalue weighted by Gasteiger charge is -2.22. The highest BCUT2D eigenvalue weighted by molar-refractivity contribution is 6.34. The summed E-state index contributed by atoms with van der Waals surface area (Å²) < 4.78 is 49.2. The first-order valence-corrected chi connectivity index (χ1v) is 13.8. The van der Waals surface area contributed by atoms with E-state index >= 15 is 0 Å². The normalized spacial score (nSPS) is 11.6. The predicted octanol–water partition coefficient (Wildman–Crippen LogP) is 6.54. The third-order valence-corrected chi connectivity index (χ3v) is 6.38. The van der Waals surface area contributed by atoms with E-state index in [2.05, 4.69) is 0 Å². The summed E-state index contributed by atoms with van der Waals surface area (Å²) in [6.45, 7) is 2.33. The topological polar surface area (TPSA) is 94.5 Å². The van der Waals surface area contributed by atoms with Gasteiger partial charge in [-0.15, -0.1) is 0 Å². The van der Waals surface area contributed by atoms with Crippen molar-refractivity contribution in [1.82, 2.24) is 4.90 Å². The second-order valence-corrected chi connectivity index (χ2v) is 9.96. The lowest BCUT2D eigenvalue weighted by Crippen LogP contribution is -2.37. The summed E-state index contributed by atoms with van der Waals surface area (Å²) in [5, 5.41) is 10.2. The Balaban J connectivity index is 1.56. The fourth-order valence-electron chi connectivity index (χ4n) is 3.85. The fraction of sp³-hybridized carbons (Fsp3) is 0.333. The van der Waals surface area contributed by atoms with Crippen LogP contribution in [0, 0.1) is 11.6 Å². The molecule has 1 atom stereocenters. The first kappa shape index (κ1) is 33.1. The first-order chi connectivity index (χ1) is 20.1. The number of hydrogen-bond acceptors (Lipinski definition) is 6. The summed E-state index contributed by atoms with van der Waals surface area (Å²) >= 11 is 12.0. The highest BCUT2D eigenvalue weighted by Crippen LogP contribution is 2.20. The van der Waals surface area contributed by atoms with Gasteiger partial charge in [0.1, 0.15) is 30.6 Å². The van der Waals surface area contributed by atoms with Gasteiger partial charge in [-0.1, -0.05) is 35.3 Å². The van der Waals surface area contributed by atoms with E-state index in [0.717, 1.165) is 17.2 Å². The molecule has 8 nitrogen and oxygen atoms in total. The molecular weight excluding hydrogens is 595 g/mol. The quantitative estimate of drug-likeness (QED) is 0.181. The molecule has 1 amide bonds. The second-order valence-electron chi connectivity index (χ2n) is 9.09. The zero-order chi connectivity index (χ0) is 30.5. The molecule has 0 aliphatic rings. The van der Waals surface area contributed by atoms with Gasteiger partial charge in [0, 0.05) is 41.2 Å². The van der Waals surface area contributed by atoms with Gasteiger partial charge >= 0.3 is 12.1 Å². The van der Waals surface area contributed by atoms with E-state index in [4.69, 9.17) is 42.1 Å². The number of amides is 1. The van der Waals surface area contributed by atoms with Crippen molar-refractivity contribution in [3.8, 4) is 5.75 Å². The Morgan fingerprint density at radius 3 is 2.24 bits per heavy atom. The maximum absolute atomic E-state index is 14.0. The number of rotatable bonds is 16. The number of carboxylic acid groups (broad SMARTS) is 1. The summed E-state index contributed by atoms with van der Waals surface area (Å²) in [7, 11) is 0. The van der Waals surface area contributed by atoms with Crippen LogP contribution < -0.4 is 4.74 Å². The van der Waals surface area contributed by atoms with E-state index < -0.39 is 29.8 Å². The van der Waals surface area contributed by atoms with Crippen molar-refractivity contribution in [2.75, 3.05) is 32.9 Å². The molecule has 0 saturated heterocycles. The van der Waals surface area contributed by atoms with Gasteiger partial charge < -0.3 is 29.0 Å². The van der Waals surface area contributed by atoms with Crippen LogP contribution in [0.2, 0.25) is 10.0 Å². The van der Waals surface area contributed by atoms with Crippen molar-refractivity contribution in [3.63, 3.8) is 0 Å². The van der Waals surface area contributed by atoms with Crippen LogP contribution in [0.15, 0.2) is 60.7 Å². The predicted molar refractivity (Wildman–Crippen MR) is 153 cm³/mol. The largest absolute Gasteiger partial charge is 0.492 e. The SMILES string of the molecule is CCOC(Cc1ccc(OCCN(CCOCc2cc(Cl)cc(Cl)c2)C(=O)OCc2ccc(F)cc2F)cc1)C(=O)O. The molecule has 0 aliphatic carbocycles. The summed E-state index contributed by atoms with van der Waals surface area (Å²) in [5.74, 6) is -2.08. The van der Waals surface area contributed by atoms with Gasteiger partial charge in [0.15, 0.2) is 6.10 Å². The maximum Gasteiger partial charge on any atom is 0.410 e. The Morgan fingerprint density at radius 2 is 1.60 bits per heavy atom. The Bertz CT molecular complexity index is 1310. The third-order valence-electron chi connectivity index (χ3n) is 5.94. The number of carboxylic acids is 1. The van der Waals surface area contributed by atoms with Gasteiger partial charge in [-0.25, -0.2) is 18.4 Å². The third kappa shape index (κ3) is 11.1. The first-order valence-electron chi connectivity index (χ1n) is 13.1. The molecule has 12 heteroatoms. The van der Waals surface area contributed by atoms with Gasteiger partial charge in [-0.2, -0.15) is 0 Å². The molecule has 3 aromatic rings. The molecule has 1 N–H and O–H groups in total. The van der Waals surface area contributed by atoms with Crippen LogP contribution in [0.3, 0.4) is 0 Å². The Kier molecular flexibility index (Phi) is 13.3. The molecule has 3 aromatic carbocycles. The number of carbonyl (C=O) groups is 2. The molecule has 0 bridgehead atoms. The van der Waals surface area contributed by atoms with E-state index in [9.17, 15) is 23.5 Å². The zero-order valence-electron chi connectivity index (χ0n) is 22.9. The molecule has 226 valence electrons. The van der Waals surface area contributed by atoms with Crippen LogP contribution >= 0.6 is 23.2 Å². The smallest absolute Gasteiger partial charge is 0.410 e. The Morgan fingerprint density at radius 1 is 0.905 bits per heavy atom. The van der Waals surface area contributed by atoms with E-state index in [0.29, 0.717) is 21.9 Å². The zero-order valence-corrected chi connectivity index (χ0v) is 24.4. The minimum Gasteiger partial charge on any atom is -0.492 e. The summed E-state index contributed by atoms with van der Waals surface area (Å²) in [6, 6.07) is 14.9. The van der Waals surface area contributed by atoms with Crippen LogP contribution in [0.5, 0.6) is 5.75 Å². The van der Waals surface area contributed by atoms with Gasteiger partial charge in [-0.05, 0) is 60.5 Å². The van der Waals surface area contributed by atoms with Crippen LogP contribution in [0.25, 0.3) is 0 Å². The van der Waals surface area contributed by atoms with Gasteiger partial charge in [-0.3, -0.25) is 0 Å². The monoisotopic (exact) mass is 625 g/mol. The average molecular weight is 626 g/mol. The van der Waals surface area contributed by atoms with Crippen LogP contribution in [-0.2, 0) is 38.6 Å². The highest BCUT2D eigenvalue weighted by atomic mass is 35.5. The van der Waals surface area contributed by atoms with Gasteiger partial charge in [0.25, 0.3) is 0 Å². The standard InChI is InChI=1S/C30H31Cl2F2NO7/c1-2-40-28(29(36)37)15-20-3-7-26(8-4-20)41-12-10-35(9-11-39-18-21-13-23(31)16-24(32)14-21)30(38)42-19-22-5-6-25(33)17-27(22)34/h3-8,13-14,16-17,28H,2,9-12,15,18-19H2,1H3,(H,36,37). The molecule has 3 rings (SSSR count). The molecule has 0 radical (unpaired) electrons. The van der Waals surface area contributed by atoms with E-state index in [1.165, 1.54) is 11.0 Å². The highest BCUT2D eigenvalue weighted by Gasteiger charge is 2.19. The summed E-state index contributed by atoms with van der Waals surface area (Å²) in [5.41, 5.74) is 1.56. The number of aliphatic carboxylic acids is 1. The average Bonchev–Trinajstić information content (AvgIpc) is 2.93. The number of hydrogen-bond donors (Lipinski definition) is 1. The minimum atomic E-state index is -1.04. The lowest BCUT2D eigenvalue weighted by atomic mass is 10.1. The number of benzene rings is 3. The van der Waals surface area contributed by atoms with E-state index in [1.54, 1.807) is 49.4 Å². The Labute approximate surface area is 252 Å². The van der Waals surface area contributed by atoms with Gasteiger partial charge in [0.2, 0.25) is 0 Å². The van der Waals surface area contributed by atoms with Crippen molar-refractivity contribution in [2.45, 2.75) is 32.7 Å². The molecular formula is C30H31Cl2F2NO7. The molecule has 0 spiro atoms. The molecule has 1 unspecified atom stereocenters.